The van der Waals surface area contributed by atoms with Crippen molar-refractivity contribution in [2.24, 2.45) is 0 Å². The summed E-state index contributed by atoms with van der Waals surface area (Å²) in [6.07, 6.45) is 0. The monoisotopic (exact) mass is 380 g/mol. The Hall–Kier alpha value is -4.05. The highest BCUT2D eigenvalue weighted by Crippen LogP contribution is 2.33. The normalized spacial score (nSPS) is 10.5. The van der Waals surface area contributed by atoms with E-state index in [0.717, 1.165) is 11.1 Å². The topological polar surface area (TPSA) is 78.3 Å². The lowest BCUT2D eigenvalue weighted by atomic mass is 10.0. The molecule has 0 bridgehead atoms. The van der Waals surface area contributed by atoms with Crippen molar-refractivity contribution in [3.05, 3.63) is 108 Å². The third-order valence-corrected chi connectivity index (χ3v) is 4.62. The molecule has 0 aliphatic carbocycles. The molecule has 29 heavy (non-hydrogen) atoms. The van der Waals surface area contributed by atoms with Gasteiger partial charge in [-0.15, -0.1) is 0 Å². The van der Waals surface area contributed by atoms with E-state index in [1.54, 1.807) is 30.3 Å². The number of ketones is 1. The van der Waals surface area contributed by atoms with Gasteiger partial charge in [0.15, 0.2) is 5.78 Å². The molecule has 0 unspecified atom stereocenters. The molecule has 4 N–H and O–H groups in total. The molecule has 142 valence electrons. The average molecular weight is 380 g/mol. The molecule has 0 amide bonds. The molecule has 0 aliphatic rings. The zero-order chi connectivity index (χ0) is 20.2. The summed E-state index contributed by atoms with van der Waals surface area (Å²) in [5.74, 6) is 0.950. The minimum Gasteiger partial charge on any atom is -0.457 e. The summed E-state index contributed by atoms with van der Waals surface area (Å²) in [6.45, 7) is 0. The molecule has 0 atom stereocenters. The van der Waals surface area contributed by atoms with Crippen LogP contribution in [-0.2, 0) is 0 Å². The fourth-order valence-electron chi connectivity index (χ4n) is 3.19. The van der Waals surface area contributed by atoms with Gasteiger partial charge in [0.2, 0.25) is 0 Å². The quantitative estimate of drug-likeness (QED) is 0.352. The number of para-hydroxylation sites is 1. The maximum Gasteiger partial charge on any atom is 0.196 e. The summed E-state index contributed by atoms with van der Waals surface area (Å²) < 4.78 is 6.02. The number of nitrogens with two attached hydrogens (primary N) is 2. The molecule has 4 nitrogen and oxygen atoms in total. The van der Waals surface area contributed by atoms with Crippen LogP contribution in [0.25, 0.3) is 11.1 Å². The second kappa shape index (κ2) is 7.90. The lowest BCUT2D eigenvalue weighted by Gasteiger charge is -2.13. The first-order valence-corrected chi connectivity index (χ1v) is 9.24. The van der Waals surface area contributed by atoms with E-state index in [1.807, 2.05) is 66.7 Å². The van der Waals surface area contributed by atoms with Crippen LogP contribution in [0.5, 0.6) is 11.5 Å². The van der Waals surface area contributed by atoms with Gasteiger partial charge in [-0.3, -0.25) is 4.79 Å². The Morgan fingerprint density at radius 2 is 1.48 bits per heavy atom. The van der Waals surface area contributed by atoms with Gasteiger partial charge in [-0.1, -0.05) is 54.6 Å². The van der Waals surface area contributed by atoms with Crippen LogP contribution in [0.4, 0.5) is 11.4 Å². The van der Waals surface area contributed by atoms with E-state index in [2.05, 4.69) is 0 Å². The summed E-state index contributed by atoms with van der Waals surface area (Å²) in [6, 6.07) is 29.4. The molecular formula is C25H20N2O2. The van der Waals surface area contributed by atoms with E-state index >= 15 is 0 Å². The third kappa shape index (κ3) is 3.96. The average Bonchev–Trinajstić information content (AvgIpc) is 2.74. The van der Waals surface area contributed by atoms with Gasteiger partial charge in [-0.25, -0.2) is 0 Å². The number of carbonyl (C=O) groups excluding carboxylic acids is 1. The second-order valence-electron chi connectivity index (χ2n) is 6.67. The minimum absolute atomic E-state index is 0.0921. The van der Waals surface area contributed by atoms with Crippen LogP contribution in [0, 0.1) is 0 Å². The first kappa shape index (κ1) is 18.3. The lowest BCUT2D eigenvalue weighted by Crippen LogP contribution is -2.03. The summed E-state index contributed by atoms with van der Waals surface area (Å²) in [4.78, 5) is 12.9. The maximum absolute atomic E-state index is 12.9. The molecule has 0 saturated carbocycles. The Bertz CT molecular complexity index is 1170. The van der Waals surface area contributed by atoms with Crippen LogP contribution in [0.15, 0.2) is 97.1 Å². The zero-order valence-corrected chi connectivity index (χ0v) is 15.7. The highest BCUT2D eigenvalue weighted by Gasteiger charge is 2.15. The number of hydrogen-bond acceptors (Lipinski definition) is 4. The summed E-state index contributed by atoms with van der Waals surface area (Å²) in [7, 11) is 0. The van der Waals surface area contributed by atoms with Gasteiger partial charge < -0.3 is 16.2 Å². The fourth-order valence-corrected chi connectivity index (χ4v) is 3.19. The van der Waals surface area contributed by atoms with E-state index in [1.165, 1.54) is 0 Å². The van der Waals surface area contributed by atoms with Crippen LogP contribution in [0.3, 0.4) is 0 Å². The van der Waals surface area contributed by atoms with Gasteiger partial charge in [-0.2, -0.15) is 0 Å². The van der Waals surface area contributed by atoms with Crippen molar-refractivity contribution in [3.8, 4) is 22.6 Å². The van der Waals surface area contributed by atoms with E-state index in [0.29, 0.717) is 34.0 Å². The molecule has 0 fully saturated rings. The predicted molar refractivity (Wildman–Crippen MR) is 117 cm³/mol. The SMILES string of the molecule is Nc1cccc(-c2ccc(Oc3ccccc3C(=O)c3ccccc3)cc2N)c1. The summed E-state index contributed by atoms with van der Waals surface area (Å²) in [5, 5.41) is 0. The molecule has 4 rings (SSSR count). The molecular weight excluding hydrogens is 360 g/mol. The first-order chi connectivity index (χ1) is 14.1. The molecule has 0 heterocycles. The second-order valence-corrected chi connectivity index (χ2v) is 6.67. The number of anilines is 2. The van der Waals surface area contributed by atoms with E-state index in [-0.39, 0.29) is 5.78 Å². The largest absolute Gasteiger partial charge is 0.457 e. The number of carbonyl (C=O) groups is 1. The summed E-state index contributed by atoms with van der Waals surface area (Å²) >= 11 is 0. The van der Waals surface area contributed by atoms with E-state index in [9.17, 15) is 4.79 Å². The molecule has 0 aromatic heterocycles. The highest BCUT2D eigenvalue weighted by atomic mass is 16.5. The van der Waals surface area contributed by atoms with Crippen molar-refractivity contribution in [1.29, 1.82) is 0 Å². The number of benzene rings is 4. The number of hydrogen-bond donors (Lipinski definition) is 2. The molecule has 4 aromatic rings. The van der Waals surface area contributed by atoms with Crippen LogP contribution >= 0.6 is 0 Å². The number of rotatable bonds is 5. The minimum atomic E-state index is -0.0921. The lowest BCUT2D eigenvalue weighted by molar-refractivity contribution is 0.103. The van der Waals surface area contributed by atoms with Gasteiger partial charge in [0, 0.05) is 28.6 Å². The Balaban J connectivity index is 1.64. The molecule has 0 aliphatic heterocycles. The Morgan fingerprint density at radius 3 is 2.24 bits per heavy atom. The summed E-state index contributed by atoms with van der Waals surface area (Å²) in [5.41, 5.74) is 16.3. The molecule has 0 radical (unpaired) electrons. The van der Waals surface area contributed by atoms with Gasteiger partial charge in [0.25, 0.3) is 0 Å². The fraction of sp³-hybridized carbons (Fsp3) is 0. The molecule has 0 spiro atoms. The standard InChI is InChI=1S/C25H20N2O2/c26-19-10-6-9-18(15-19)21-14-13-20(16-23(21)27)29-24-12-5-4-11-22(24)25(28)17-7-2-1-3-8-17/h1-16H,26-27H2. The van der Waals surface area contributed by atoms with Gasteiger partial charge >= 0.3 is 0 Å². The van der Waals surface area contributed by atoms with Crippen molar-refractivity contribution < 1.29 is 9.53 Å². The van der Waals surface area contributed by atoms with Crippen LogP contribution < -0.4 is 16.2 Å². The Labute approximate surface area is 169 Å². The third-order valence-electron chi connectivity index (χ3n) is 4.62. The zero-order valence-electron chi connectivity index (χ0n) is 15.7. The van der Waals surface area contributed by atoms with E-state index < -0.39 is 0 Å². The van der Waals surface area contributed by atoms with Gasteiger partial charge in [0.05, 0.1) is 5.56 Å². The first-order valence-electron chi connectivity index (χ1n) is 9.24. The van der Waals surface area contributed by atoms with Crippen LogP contribution in [0.2, 0.25) is 0 Å². The van der Waals surface area contributed by atoms with Gasteiger partial charge in [0.1, 0.15) is 11.5 Å². The highest BCUT2D eigenvalue weighted by molar-refractivity contribution is 6.10. The Morgan fingerprint density at radius 1 is 0.724 bits per heavy atom. The van der Waals surface area contributed by atoms with Crippen molar-refractivity contribution in [2.75, 3.05) is 11.5 Å². The smallest absolute Gasteiger partial charge is 0.196 e. The molecule has 4 aromatic carbocycles. The van der Waals surface area contributed by atoms with Crippen molar-refractivity contribution in [2.45, 2.75) is 0 Å². The van der Waals surface area contributed by atoms with E-state index in [4.69, 9.17) is 16.2 Å². The number of ether oxygens (including phenoxy) is 1. The predicted octanol–water partition coefficient (Wildman–Crippen LogP) is 5.54. The Kier molecular flexibility index (Phi) is 4.99. The van der Waals surface area contributed by atoms with Crippen LogP contribution in [0.1, 0.15) is 15.9 Å². The van der Waals surface area contributed by atoms with Crippen molar-refractivity contribution in [1.82, 2.24) is 0 Å². The van der Waals surface area contributed by atoms with Crippen molar-refractivity contribution in [3.63, 3.8) is 0 Å². The molecule has 4 heteroatoms. The number of nitrogen functional groups attached to an aromatic ring is 2. The maximum atomic E-state index is 12.9. The van der Waals surface area contributed by atoms with Crippen molar-refractivity contribution >= 4 is 17.2 Å². The van der Waals surface area contributed by atoms with Crippen LogP contribution in [-0.4, -0.2) is 5.78 Å². The molecule has 0 saturated heterocycles. The van der Waals surface area contributed by atoms with Gasteiger partial charge in [-0.05, 0) is 42.0 Å².